The van der Waals surface area contributed by atoms with Gasteiger partial charge in [0.1, 0.15) is 0 Å². The number of nitrogens with zero attached hydrogens (tertiary/aromatic N) is 3. The van der Waals surface area contributed by atoms with Gasteiger partial charge in [-0.1, -0.05) is 42.5 Å². The summed E-state index contributed by atoms with van der Waals surface area (Å²) in [5.41, 5.74) is 1.93. The van der Waals surface area contributed by atoms with Crippen LogP contribution in [0.1, 0.15) is 33.6 Å². The summed E-state index contributed by atoms with van der Waals surface area (Å²) in [6, 6.07) is 15.2. The summed E-state index contributed by atoms with van der Waals surface area (Å²) in [6.45, 7) is 6.88. The standard InChI is InChI=1S/C21H22N4O2/c1-3-13-22-20(26)19-23-18(17-12-8-9-14-25(17)19)21(27)24(4-2)15-16-10-6-5-7-11-16/h3,5-12,14H,1,4,13,15H2,2H3,(H,22,26). The molecule has 6 nitrogen and oxygen atoms in total. The normalized spacial score (nSPS) is 10.6. The predicted molar refractivity (Wildman–Crippen MR) is 105 cm³/mol. The van der Waals surface area contributed by atoms with Crippen molar-refractivity contribution in [2.24, 2.45) is 0 Å². The number of hydrogen-bond donors (Lipinski definition) is 1. The van der Waals surface area contributed by atoms with E-state index >= 15 is 0 Å². The topological polar surface area (TPSA) is 66.7 Å². The van der Waals surface area contributed by atoms with Gasteiger partial charge in [-0.25, -0.2) is 4.98 Å². The molecule has 0 fully saturated rings. The Morgan fingerprint density at radius 2 is 1.93 bits per heavy atom. The van der Waals surface area contributed by atoms with Crippen molar-refractivity contribution in [2.75, 3.05) is 13.1 Å². The van der Waals surface area contributed by atoms with Crippen LogP contribution in [0.3, 0.4) is 0 Å². The number of benzene rings is 1. The second-order valence-electron chi connectivity index (χ2n) is 6.04. The molecular weight excluding hydrogens is 340 g/mol. The Balaban J connectivity index is 1.96. The van der Waals surface area contributed by atoms with Gasteiger partial charge < -0.3 is 10.2 Å². The van der Waals surface area contributed by atoms with Gasteiger partial charge in [0.25, 0.3) is 11.8 Å². The third kappa shape index (κ3) is 3.89. The fraction of sp³-hybridized carbons (Fsp3) is 0.190. The van der Waals surface area contributed by atoms with Crippen LogP contribution in [-0.2, 0) is 6.54 Å². The van der Waals surface area contributed by atoms with Crippen molar-refractivity contribution in [3.8, 4) is 0 Å². The van der Waals surface area contributed by atoms with Crippen LogP contribution in [0.2, 0.25) is 0 Å². The maximum atomic E-state index is 13.1. The van der Waals surface area contributed by atoms with Crippen molar-refractivity contribution in [1.29, 1.82) is 0 Å². The molecule has 1 aromatic carbocycles. The molecule has 0 radical (unpaired) electrons. The summed E-state index contributed by atoms with van der Waals surface area (Å²) < 4.78 is 1.64. The van der Waals surface area contributed by atoms with Crippen molar-refractivity contribution in [3.63, 3.8) is 0 Å². The monoisotopic (exact) mass is 362 g/mol. The van der Waals surface area contributed by atoms with Gasteiger partial charge in [-0.05, 0) is 24.6 Å². The van der Waals surface area contributed by atoms with E-state index in [0.29, 0.717) is 25.2 Å². The van der Waals surface area contributed by atoms with Gasteiger partial charge >= 0.3 is 0 Å². The van der Waals surface area contributed by atoms with E-state index in [0.717, 1.165) is 5.56 Å². The first-order valence-corrected chi connectivity index (χ1v) is 8.85. The Morgan fingerprint density at radius 1 is 1.19 bits per heavy atom. The molecule has 0 aliphatic rings. The number of carbonyl (C=O) groups is 2. The van der Waals surface area contributed by atoms with Crippen LogP contribution >= 0.6 is 0 Å². The second-order valence-corrected chi connectivity index (χ2v) is 6.04. The Bertz CT molecular complexity index is 963. The van der Waals surface area contributed by atoms with Gasteiger partial charge in [0.2, 0.25) is 5.82 Å². The lowest BCUT2D eigenvalue weighted by Crippen LogP contribution is -2.31. The van der Waals surface area contributed by atoms with Crippen molar-refractivity contribution in [2.45, 2.75) is 13.5 Å². The molecule has 27 heavy (non-hydrogen) atoms. The van der Waals surface area contributed by atoms with Gasteiger partial charge in [0.15, 0.2) is 5.69 Å². The minimum absolute atomic E-state index is 0.187. The lowest BCUT2D eigenvalue weighted by Gasteiger charge is -2.20. The number of rotatable bonds is 7. The summed E-state index contributed by atoms with van der Waals surface area (Å²) in [5.74, 6) is -0.361. The van der Waals surface area contributed by atoms with E-state index < -0.39 is 0 Å². The average Bonchev–Trinajstić information content (AvgIpc) is 3.10. The predicted octanol–water partition coefficient (Wildman–Crippen LogP) is 2.91. The van der Waals surface area contributed by atoms with Crippen LogP contribution in [0.15, 0.2) is 67.4 Å². The zero-order chi connectivity index (χ0) is 19.2. The molecule has 0 saturated carbocycles. The molecule has 3 aromatic rings. The highest BCUT2D eigenvalue weighted by Crippen LogP contribution is 2.17. The minimum atomic E-state index is -0.346. The molecule has 0 spiro atoms. The lowest BCUT2D eigenvalue weighted by molar-refractivity contribution is 0.0749. The second kappa shape index (κ2) is 8.31. The van der Waals surface area contributed by atoms with E-state index in [4.69, 9.17) is 0 Å². The summed E-state index contributed by atoms with van der Waals surface area (Å²) in [5, 5.41) is 2.71. The molecule has 1 N–H and O–H groups in total. The third-order valence-corrected chi connectivity index (χ3v) is 4.25. The molecule has 2 amide bonds. The van der Waals surface area contributed by atoms with E-state index in [2.05, 4.69) is 16.9 Å². The highest BCUT2D eigenvalue weighted by molar-refractivity contribution is 6.02. The van der Waals surface area contributed by atoms with E-state index in [-0.39, 0.29) is 23.3 Å². The average molecular weight is 362 g/mol. The van der Waals surface area contributed by atoms with Crippen molar-refractivity contribution >= 4 is 17.3 Å². The molecule has 0 bridgehead atoms. The first-order chi connectivity index (χ1) is 13.2. The number of aromatic nitrogens is 2. The molecule has 6 heteroatoms. The number of fused-ring (bicyclic) bond motifs is 1. The van der Waals surface area contributed by atoms with E-state index in [1.807, 2.05) is 43.3 Å². The molecule has 0 unspecified atom stereocenters. The number of nitrogens with one attached hydrogen (secondary N) is 1. The fourth-order valence-electron chi connectivity index (χ4n) is 2.88. The molecule has 2 aromatic heterocycles. The number of pyridine rings is 1. The van der Waals surface area contributed by atoms with Gasteiger partial charge in [-0.3, -0.25) is 14.0 Å². The van der Waals surface area contributed by atoms with Gasteiger partial charge in [-0.15, -0.1) is 6.58 Å². The first-order valence-electron chi connectivity index (χ1n) is 8.85. The smallest absolute Gasteiger partial charge is 0.287 e. The van der Waals surface area contributed by atoms with Crippen molar-refractivity contribution < 1.29 is 9.59 Å². The zero-order valence-corrected chi connectivity index (χ0v) is 15.3. The van der Waals surface area contributed by atoms with Gasteiger partial charge in [0, 0.05) is 25.8 Å². The van der Waals surface area contributed by atoms with Crippen LogP contribution in [0.25, 0.3) is 5.52 Å². The summed E-state index contributed by atoms with van der Waals surface area (Å²) in [4.78, 5) is 31.7. The maximum absolute atomic E-state index is 13.1. The molecular formula is C21H22N4O2. The quantitative estimate of drug-likeness (QED) is 0.657. The van der Waals surface area contributed by atoms with Gasteiger partial charge in [-0.2, -0.15) is 0 Å². The lowest BCUT2D eigenvalue weighted by atomic mass is 10.2. The van der Waals surface area contributed by atoms with E-state index in [1.165, 1.54) is 0 Å². The largest absolute Gasteiger partial charge is 0.346 e. The van der Waals surface area contributed by atoms with Crippen molar-refractivity contribution in [3.05, 3.63) is 84.5 Å². The number of imidazole rings is 1. The van der Waals surface area contributed by atoms with Crippen LogP contribution in [0.4, 0.5) is 0 Å². The zero-order valence-electron chi connectivity index (χ0n) is 15.3. The summed E-state index contributed by atoms with van der Waals surface area (Å²) >= 11 is 0. The van der Waals surface area contributed by atoms with Gasteiger partial charge in [0.05, 0.1) is 5.52 Å². The maximum Gasteiger partial charge on any atom is 0.287 e. The van der Waals surface area contributed by atoms with Crippen LogP contribution in [-0.4, -0.2) is 39.2 Å². The Morgan fingerprint density at radius 3 is 2.63 bits per heavy atom. The number of hydrogen-bond acceptors (Lipinski definition) is 3. The van der Waals surface area contributed by atoms with E-state index in [9.17, 15) is 9.59 Å². The number of amides is 2. The third-order valence-electron chi connectivity index (χ3n) is 4.25. The molecule has 0 saturated heterocycles. The Labute approximate surface area is 158 Å². The fourth-order valence-corrected chi connectivity index (χ4v) is 2.88. The Hall–Kier alpha value is -3.41. The van der Waals surface area contributed by atoms with Crippen LogP contribution in [0.5, 0.6) is 0 Å². The van der Waals surface area contributed by atoms with Crippen LogP contribution in [0, 0.1) is 0 Å². The molecule has 0 aliphatic carbocycles. The highest BCUT2D eigenvalue weighted by Gasteiger charge is 2.24. The van der Waals surface area contributed by atoms with Crippen LogP contribution < -0.4 is 5.32 Å². The first kappa shape index (κ1) is 18.4. The van der Waals surface area contributed by atoms with E-state index in [1.54, 1.807) is 33.7 Å². The molecule has 138 valence electrons. The molecule has 3 rings (SSSR count). The van der Waals surface area contributed by atoms with Crippen molar-refractivity contribution in [1.82, 2.24) is 19.6 Å². The molecule has 0 aliphatic heterocycles. The molecule has 2 heterocycles. The summed E-state index contributed by atoms with van der Waals surface area (Å²) in [7, 11) is 0. The highest BCUT2D eigenvalue weighted by atomic mass is 16.2. The molecule has 0 atom stereocenters. The summed E-state index contributed by atoms with van der Waals surface area (Å²) in [6.07, 6.45) is 3.33. The SMILES string of the molecule is C=CCNC(=O)c1nc(C(=O)N(CC)Cc2ccccc2)c2ccccn12. The Kier molecular flexibility index (Phi) is 5.66. The minimum Gasteiger partial charge on any atom is -0.346 e. The number of carbonyl (C=O) groups excluding carboxylic acids is 2.